The first-order chi connectivity index (χ1) is 12.3. The normalized spacial score (nSPS) is 12.8. The Hall–Kier alpha value is -1.86. The van der Waals surface area contributed by atoms with Gasteiger partial charge >= 0.3 is 6.18 Å². The van der Waals surface area contributed by atoms with Crippen LogP contribution in [0.3, 0.4) is 0 Å². The number of ether oxygens (including phenoxy) is 1. The van der Waals surface area contributed by atoms with Crippen molar-refractivity contribution in [3.8, 4) is 5.75 Å². The lowest BCUT2D eigenvalue weighted by atomic mass is 10.0. The van der Waals surface area contributed by atoms with E-state index in [1.54, 1.807) is 24.3 Å². The van der Waals surface area contributed by atoms with Crippen LogP contribution in [0.25, 0.3) is 0 Å². The Morgan fingerprint density at radius 2 is 1.88 bits per heavy atom. The first-order valence-corrected chi connectivity index (χ1v) is 9.27. The average Bonchev–Trinajstić information content (AvgIpc) is 3.07. The Morgan fingerprint density at radius 1 is 1.19 bits per heavy atom. The van der Waals surface area contributed by atoms with E-state index < -0.39 is 18.6 Å². The molecule has 1 aromatic carbocycles. The van der Waals surface area contributed by atoms with E-state index in [0.29, 0.717) is 10.6 Å². The molecule has 0 aliphatic heterocycles. The number of rotatable bonds is 9. The fraction of sp³-hybridized carbons (Fsp3) is 0.421. The second kappa shape index (κ2) is 9.19. The molecule has 0 fully saturated rings. The highest BCUT2D eigenvalue weighted by atomic mass is 32.1. The van der Waals surface area contributed by atoms with E-state index in [-0.39, 0.29) is 25.2 Å². The highest BCUT2D eigenvalue weighted by Crippen LogP contribution is 2.24. The molecule has 0 aliphatic carbocycles. The van der Waals surface area contributed by atoms with Gasteiger partial charge in [0.1, 0.15) is 5.75 Å². The van der Waals surface area contributed by atoms with E-state index in [1.165, 1.54) is 11.3 Å². The Kier molecular flexibility index (Phi) is 7.23. The summed E-state index contributed by atoms with van der Waals surface area (Å²) < 4.78 is 41.5. The minimum absolute atomic E-state index is 0.00152. The number of hydrogen-bond acceptors (Lipinski definition) is 4. The third-order valence-electron chi connectivity index (χ3n) is 3.87. The third kappa shape index (κ3) is 6.46. The molecule has 0 amide bonds. The second-order valence-corrected chi connectivity index (χ2v) is 7.16. The molecule has 0 saturated carbocycles. The number of ketones is 1. The van der Waals surface area contributed by atoms with Crippen LogP contribution in [0, 0.1) is 0 Å². The summed E-state index contributed by atoms with van der Waals surface area (Å²) in [6, 6.07) is 10.1. The van der Waals surface area contributed by atoms with Crippen LogP contribution >= 0.6 is 11.3 Å². The molecular weight excluding hydrogens is 363 g/mol. The minimum atomic E-state index is -4.16. The van der Waals surface area contributed by atoms with Gasteiger partial charge in [-0.1, -0.05) is 19.1 Å². The first-order valence-electron chi connectivity index (χ1n) is 8.45. The summed E-state index contributed by atoms with van der Waals surface area (Å²) >= 11 is 1.49. The van der Waals surface area contributed by atoms with E-state index in [0.717, 1.165) is 16.9 Å². The highest BCUT2D eigenvalue weighted by molar-refractivity contribution is 7.14. The quantitative estimate of drug-likeness (QED) is 0.470. The molecule has 0 spiro atoms. The number of Topliss-reactive ketones (excluding diaryl/α,β-unsaturated/α-hetero) is 1. The van der Waals surface area contributed by atoms with E-state index >= 15 is 0 Å². The van der Waals surface area contributed by atoms with Gasteiger partial charge in [0, 0.05) is 23.8 Å². The number of carbonyl (C=O) groups excluding carboxylic acids is 1. The molecule has 1 heterocycles. The fourth-order valence-electron chi connectivity index (χ4n) is 2.41. The number of benzene rings is 1. The van der Waals surface area contributed by atoms with Crippen LogP contribution in [0.15, 0.2) is 36.4 Å². The standard InChI is InChI=1S/C19H22F3NO2S/c1-2-15-8-9-18(26-15)17(24)12-16(23)13-4-6-14(7-5-13)25-11-3-10-19(20,21)22/h4-9,16H,2-3,10-12,23H2,1H3/t16-/m1/s1. The van der Waals surface area contributed by atoms with Crippen LogP contribution in [-0.4, -0.2) is 18.6 Å². The molecule has 26 heavy (non-hydrogen) atoms. The molecule has 0 aliphatic rings. The fourth-order valence-corrected chi connectivity index (χ4v) is 3.31. The molecule has 3 nitrogen and oxygen atoms in total. The van der Waals surface area contributed by atoms with Crippen molar-refractivity contribution in [1.29, 1.82) is 0 Å². The molecule has 1 atom stereocenters. The van der Waals surface area contributed by atoms with Crippen LogP contribution in [0.4, 0.5) is 13.2 Å². The van der Waals surface area contributed by atoms with E-state index in [2.05, 4.69) is 0 Å². The zero-order chi connectivity index (χ0) is 19.2. The van der Waals surface area contributed by atoms with Crippen molar-refractivity contribution in [1.82, 2.24) is 0 Å². The smallest absolute Gasteiger partial charge is 0.389 e. The number of alkyl halides is 3. The number of carbonyl (C=O) groups is 1. The second-order valence-electron chi connectivity index (χ2n) is 5.99. The van der Waals surface area contributed by atoms with Gasteiger partial charge < -0.3 is 10.5 Å². The number of halogens is 3. The highest BCUT2D eigenvalue weighted by Gasteiger charge is 2.26. The summed E-state index contributed by atoms with van der Waals surface area (Å²) in [5, 5.41) is 0. The van der Waals surface area contributed by atoms with Gasteiger partial charge in [0.05, 0.1) is 11.5 Å². The molecule has 0 radical (unpaired) electrons. The van der Waals surface area contributed by atoms with Crippen molar-refractivity contribution >= 4 is 17.1 Å². The van der Waals surface area contributed by atoms with Gasteiger partial charge in [-0.2, -0.15) is 13.2 Å². The number of hydrogen-bond donors (Lipinski definition) is 1. The predicted octanol–water partition coefficient (Wildman–Crippen LogP) is 5.30. The Balaban J connectivity index is 1.84. The van der Waals surface area contributed by atoms with Crippen molar-refractivity contribution in [2.75, 3.05) is 6.61 Å². The van der Waals surface area contributed by atoms with Crippen LogP contribution in [-0.2, 0) is 6.42 Å². The predicted molar refractivity (Wildman–Crippen MR) is 96.8 cm³/mol. The van der Waals surface area contributed by atoms with Gasteiger partial charge in [0.15, 0.2) is 5.78 Å². The van der Waals surface area contributed by atoms with Gasteiger partial charge in [-0.3, -0.25) is 4.79 Å². The zero-order valence-electron chi connectivity index (χ0n) is 14.5. The van der Waals surface area contributed by atoms with Crippen molar-refractivity contribution in [2.45, 2.75) is 44.8 Å². The van der Waals surface area contributed by atoms with Gasteiger partial charge in [-0.05, 0) is 42.7 Å². The number of aryl methyl sites for hydroxylation is 1. The van der Waals surface area contributed by atoms with E-state index in [1.807, 2.05) is 19.1 Å². The first kappa shape index (κ1) is 20.5. The molecule has 2 N–H and O–H groups in total. The lowest BCUT2D eigenvalue weighted by Crippen LogP contribution is -2.15. The lowest BCUT2D eigenvalue weighted by molar-refractivity contribution is -0.136. The Bertz CT molecular complexity index is 710. The van der Waals surface area contributed by atoms with E-state index in [9.17, 15) is 18.0 Å². The summed E-state index contributed by atoms with van der Waals surface area (Å²) in [6.07, 6.45) is -4.00. The monoisotopic (exact) mass is 385 g/mol. The molecule has 2 rings (SSSR count). The number of nitrogens with two attached hydrogens (primary N) is 1. The van der Waals surface area contributed by atoms with Crippen molar-refractivity contribution < 1.29 is 22.7 Å². The maximum atomic E-state index is 12.3. The summed E-state index contributed by atoms with van der Waals surface area (Å²) in [6.45, 7) is 2.04. The third-order valence-corrected chi connectivity index (χ3v) is 5.14. The van der Waals surface area contributed by atoms with Crippen LogP contribution in [0.1, 0.15) is 52.3 Å². The molecular formula is C19H22F3NO2S. The van der Waals surface area contributed by atoms with Crippen LogP contribution < -0.4 is 10.5 Å². The zero-order valence-corrected chi connectivity index (χ0v) is 15.3. The van der Waals surface area contributed by atoms with Gasteiger partial charge in [-0.25, -0.2) is 0 Å². The number of thiophene rings is 1. The summed E-state index contributed by atoms with van der Waals surface area (Å²) in [4.78, 5) is 14.2. The summed E-state index contributed by atoms with van der Waals surface area (Å²) in [5.74, 6) is 0.495. The molecule has 1 aromatic heterocycles. The molecule has 0 bridgehead atoms. The van der Waals surface area contributed by atoms with Crippen molar-refractivity contribution in [2.24, 2.45) is 5.73 Å². The van der Waals surface area contributed by atoms with Crippen LogP contribution in [0.2, 0.25) is 0 Å². The molecule has 142 valence electrons. The maximum absolute atomic E-state index is 12.3. The molecule has 0 unspecified atom stereocenters. The van der Waals surface area contributed by atoms with Gasteiger partial charge in [0.25, 0.3) is 0 Å². The molecule has 2 aromatic rings. The summed E-state index contributed by atoms with van der Waals surface area (Å²) in [7, 11) is 0. The van der Waals surface area contributed by atoms with Gasteiger partial charge in [-0.15, -0.1) is 11.3 Å². The Labute approximate surface area is 155 Å². The van der Waals surface area contributed by atoms with E-state index in [4.69, 9.17) is 10.5 Å². The van der Waals surface area contributed by atoms with Crippen molar-refractivity contribution in [3.05, 3.63) is 51.7 Å². The topological polar surface area (TPSA) is 52.3 Å². The summed E-state index contributed by atoms with van der Waals surface area (Å²) in [5.41, 5.74) is 6.90. The lowest BCUT2D eigenvalue weighted by Gasteiger charge is -2.12. The molecule has 0 saturated heterocycles. The molecule has 7 heteroatoms. The largest absolute Gasteiger partial charge is 0.494 e. The maximum Gasteiger partial charge on any atom is 0.389 e. The Morgan fingerprint density at radius 3 is 2.46 bits per heavy atom. The minimum Gasteiger partial charge on any atom is -0.494 e. The van der Waals surface area contributed by atoms with Crippen LogP contribution in [0.5, 0.6) is 5.75 Å². The SMILES string of the molecule is CCc1ccc(C(=O)C[C@@H](N)c2ccc(OCCCC(F)(F)F)cc2)s1. The van der Waals surface area contributed by atoms with Gasteiger partial charge in [0.2, 0.25) is 0 Å². The van der Waals surface area contributed by atoms with Crippen molar-refractivity contribution in [3.63, 3.8) is 0 Å². The average molecular weight is 385 g/mol.